The van der Waals surface area contributed by atoms with Gasteiger partial charge in [-0.25, -0.2) is 0 Å². The molecule has 1 aromatic rings. The number of phenolic OH excluding ortho intramolecular Hbond substituents is 1. The van der Waals surface area contributed by atoms with E-state index in [0.717, 1.165) is 6.42 Å². The second-order valence-electron chi connectivity index (χ2n) is 3.60. The summed E-state index contributed by atoms with van der Waals surface area (Å²) in [6.07, 6.45) is 1.86. The number of nitrogen functional groups attached to an aromatic ring is 1. The fourth-order valence-corrected chi connectivity index (χ4v) is 1.92. The number of nitriles is 1. The Kier molecular flexibility index (Phi) is 2.09. The van der Waals surface area contributed by atoms with Gasteiger partial charge in [0.2, 0.25) is 0 Å². The molecule has 0 bridgehead atoms. The molecule has 0 amide bonds. The summed E-state index contributed by atoms with van der Waals surface area (Å²) in [6.45, 7) is 0. The van der Waals surface area contributed by atoms with E-state index in [2.05, 4.69) is 0 Å². The van der Waals surface area contributed by atoms with Gasteiger partial charge in [-0.1, -0.05) is 0 Å². The van der Waals surface area contributed by atoms with Gasteiger partial charge in [-0.05, 0) is 24.5 Å². The second kappa shape index (κ2) is 3.28. The minimum atomic E-state index is -0.203. The maximum Gasteiger partial charge on any atom is 0.163 e. The van der Waals surface area contributed by atoms with Crippen LogP contribution in [0.4, 0.5) is 5.69 Å². The molecule has 0 unspecified atom stereocenters. The zero-order chi connectivity index (χ0) is 11.0. The molecule has 0 aromatic heterocycles. The molecule has 1 aromatic carbocycles. The van der Waals surface area contributed by atoms with E-state index in [-0.39, 0.29) is 22.8 Å². The Labute approximate surface area is 86.9 Å². The maximum atomic E-state index is 11.6. The number of nitrogens with two attached hydrogens (primary N) is 1. The van der Waals surface area contributed by atoms with Crippen molar-refractivity contribution in [2.24, 2.45) is 0 Å². The largest absolute Gasteiger partial charge is 0.504 e. The molecular formula is C11H10N2O2. The topological polar surface area (TPSA) is 87.1 Å². The van der Waals surface area contributed by atoms with Crippen molar-refractivity contribution >= 4 is 11.5 Å². The average molecular weight is 202 g/mol. The number of anilines is 1. The number of carbonyl (C=O) groups is 1. The van der Waals surface area contributed by atoms with Gasteiger partial charge in [0.05, 0.1) is 11.3 Å². The first-order valence-corrected chi connectivity index (χ1v) is 4.72. The van der Waals surface area contributed by atoms with Crippen LogP contribution in [0.5, 0.6) is 5.75 Å². The molecular weight excluding hydrogens is 192 g/mol. The summed E-state index contributed by atoms with van der Waals surface area (Å²) >= 11 is 0. The van der Waals surface area contributed by atoms with Gasteiger partial charge >= 0.3 is 0 Å². The van der Waals surface area contributed by atoms with Gasteiger partial charge in [0.25, 0.3) is 0 Å². The summed E-state index contributed by atoms with van der Waals surface area (Å²) in [4.78, 5) is 11.6. The number of nitrogens with zero attached hydrogens (tertiary/aromatic N) is 1. The van der Waals surface area contributed by atoms with E-state index in [9.17, 15) is 9.90 Å². The fraction of sp³-hybridized carbons (Fsp3) is 0.273. The van der Waals surface area contributed by atoms with Crippen LogP contribution in [0.3, 0.4) is 0 Å². The quantitative estimate of drug-likeness (QED) is 0.491. The van der Waals surface area contributed by atoms with Crippen molar-refractivity contribution in [3.63, 3.8) is 0 Å². The van der Waals surface area contributed by atoms with Crippen LogP contribution in [0.1, 0.15) is 34.3 Å². The molecule has 1 aliphatic rings. The first-order chi connectivity index (χ1) is 7.15. The molecule has 0 saturated heterocycles. The summed E-state index contributed by atoms with van der Waals surface area (Å²) < 4.78 is 0. The molecule has 0 aliphatic heterocycles. The van der Waals surface area contributed by atoms with Crippen LogP contribution in [-0.2, 0) is 6.42 Å². The molecule has 0 spiro atoms. The number of rotatable bonds is 0. The van der Waals surface area contributed by atoms with Crippen LogP contribution in [0.2, 0.25) is 0 Å². The lowest BCUT2D eigenvalue weighted by Crippen LogP contribution is -2.13. The number of benzene rings is 1. The summed E-state index contributed by atoms with van der Waals surface area (Å²) in [6, 6.07) is 3.37. The van der Waals surface area contributed by atoms with E-state index in [1.807, 2.05) is 6.07 Å². The van der Waals surface area contributed by atoms with E-state index >= 15 is 0 Å². The summed E-state index contributed by atoms with van der Waals surface area (Å²) in [5.41, 5.74) is 6.91. The average Bonchev–Trinajstić information content (AvgIpc) is 2.22. The number of Topliss-reactive ketones (excluding diaryl/α,β-unsaturated/α-hetero) is 1. The lowest BCUT2D eigenvalue weighted by molar-refractivity contribution is 0.0972. The van der Waals surface area contributed by atoms with Gasteiger partial charge in [0, 0.05) is 12.0 Å². The van der Waals surface area contributed by atoms with Crippen molar-refractivity contribution in [2.45, 2.75) is 19.3 Å². The zero-order valence-corrected chi connectivity index (χ0v) is 8.08. The van der Waals surface area contributed by atoms with Crippen LogP contribution in [0.15, 0.2) is 6.07 Å². The van der Waals surface area contributed by atoms with Crippen molar-refractivity contribution < 1.29 is 9.90 Å². The number of hydrogen-bond donors (Lipinski definition) is 2. The Morgan fingerprint density at radius 2 is 2.20 bits per heavy atom. The Morgan fingerprint density at radius 3 is 2.87 bits per heavy atom. The summed E-state index contributed by atoms with van der Waals surface area (Å²) in [7, 11) is 0. The third-order valence-corrected chi connectivity index (χ3v) is 2.68. The van der Waals surface area contributed by atoms with E-state index in [1.54, 1.807) is 0 Å². The van der Waals surface area contributed by atoms with Crippen molar-refractivity contribution in [3.8, 4) is 11.8 Å². The molecule has 4 heteroatoms. The second-order valence-corrected chi connectivity index (χ2v) is 3.60. The van der Waals surface area contributed by atoms with Gasteiger partial charge in [0.15, 0.2) is 11.5 Å². The number of hydrogen-bond acceptors (Lipinski definition) is 4. The molecule has 0 fully saturated rings. The summed E-state index contributed by atoms with van der Waals surface area (Å²) in [5.74, 6) is -0.203. The molecule has 0 atom stereocenters. The van der Waals surface area contributed by atoms with Crippen LogP contribution >= 0.6 is 0 Å². The van der Waals surface area contributed by atoms with E-state index in [0.29, 0.717) is 24.0 Å². The van der Waals surface area contributed by atoms with Crippen molar-refractivity contribution in [1.29, 1.82) is 5.26 Å². The molecule has 0 saturated carbocycles. The third-order valence-electron chi connectivity index (χ3n) is 2.68. The highest BCUT2D eigenvalue weighted by atomic mass is 16.3. The SMILES string of the molecule is N#Cc1c(O)c(N)cc2c1CCCC2=O. The molecule has 2 rings (SSSR count). The number of carbonyl (C=O) groups excluding carboxylic acids is 1. The fourth-order valence-electron chi connectivity index (χ4n) is 1.92. The molecule has 15 heavy (non-hydrogen) atoms. The van der Waals surface area contributed by atoms with E-state index < -0.39 is 0 Å². The summed E-state index contributed by atoms with van der Waals surface area (Å²) in [5, 5.41) is 18.5. The minimum absolute atomic E-state index is 0.000509. The minimum Gasteiger partial charge on any atom is -0.504 e. The number of aromatic hydroxyl groups is 1. The van der Waals surface area contributed by atoms with Crippen molar-refractivity contribution in [2.75, 3.05) is 5.73 Å². The van der Waals surface area contributed by atoms with Crippen LogP contribution < -0.4 is 5.73 Å². The lowest BCUT2D eigenvalue weighted by Gasteiger charge is -2.17. The number of ketones is 1. The predicted octanol–water partition coefficient (Wildman–Crippen LogP) is 1.37. The lowest BCUT2D eigenvalue weighted by atomic mass is 9.86. The van der Waals surface area contributed by atoms with Crippen molar-refractivity contribution in [3.05, 3.63) is 22.8 Å². The maximum absolute atomic E-state index is 11.6. The van der Waals surface area contributed by atoms with Gasteiger partial charge in [0.1, 0.15) is 6.07 Å². The first-order valence-electron chi connectivity index (χ1n) is 4.72. The zero-order valence-electron chi connectivity index (χ0n) is 8.08. The van der Waals surface area contributed by atoms with Gasteiger partial charge in [-0.3, -0.25) is 4.79 Å². The highest BCUT2D eigenvalue weighted by Crippen LogP contribution is 2.34. The predicted molar refractivity (Wildman–Crippen MR) is 54.5 cm³/mol. The monoisotopic (exact) mass is 202 g/mol. The normalized spacial score (nSPS) is 14.5. The molecule has 3 N–H and O–H groups in total. The molecule has 0 heterocycles. The molecule has 76 valence electrons. The standard InChI is InChI=1S/C11H10N2O2/c12-5-8-6-2-1-3-10(14)7(6)4-9(13)11(8)15/h4,15H,1-3,13H2. The van der Waals surface area contributed by atoms with Gasteiger partial charge in [-0.2, -0.15) is 5.26 Å². The van der Waals surface area contributed by atoms with Crippen molar-refractivity contribution in [1.82, 2.24) is 0 Å². The highest BCUT2D eigenvalue weighted by molar-refractivity contribution is 6.00. The van der Waals surface area contributed by atoms with Crippen LogP contribution in [0, 0.1) is 11.3 Å². The van der Waals surface area contributed by atoms with Gasteiger partial charge in [-0.15, -0.1) is 0 Å². The van der Waals surface area contributed by atoms with Gasteiger partial charge < -0.3 is 10.8 Å². The Morgan fingerprint density at radius 1 is 1.47 bits per heavy atom. The molecule has 1 aliphatic carbocycles. The number of fused-ring (bicyclic) bond motifs is 1. The van der Waals surface area contributed by atoms with E-state index in [4.69, 9.17) is 11.0 Å². The Hall–Kier alpha value is -2.02. The first kappa shape index (κ1) is 9.53. The van der Waals surface area contributed by atoms with E-state index in [1.165, 1.54) is 6.07 Å². The highest BCUT2D eigenvalue weighted by Gasteiger charge is 2.23. The smallest absolute Gasteiger partial charge is 0.163 e. The molecule has 0 radical (unpaired) electrons. The Balaban J connectivity index is 2.76. The van der Waals surface area contributed by atoms with Crippen LogP contribution in [-0.4, -0.2) is 10.9 Å². The van der Waals surface area contributed by atoms with Crippen LogP contribution in [0.25, 0.3) is 0 Å². The Bertz CT molecular complexity index is 486. The third kappa shape index (κ3) is 1.33. The molecule has 4 nitrogen and oxygen atoms in total. The number of phenols is 1.